The number of nitrogens with zero attached hydrogens (tertiary/aromatic N) is 1. The van der Waals surface area contributed by atoms with Crippen molar-refractivity contribution in [2.24, 2.45) is 0 Å². The van der Waals surface area contributed by atoms with E-state index in [0.29, 0.717) is 36.6 Å². The lowest BCUT2D eigenvalue weighted by atomic mass is 10.0. The van der Waals surface area contributed by atoms with E-state index >= 15 is 0 Å². The Balaban J connectivity index is 1.51. The Morgan fingerprint density at radius 2 is 1.59 bits per heavy atom. The Morgan fingerprint density at radius 3 is 2.17 bits per heavy atom. The van der Waals surface area contributed by atoms with Crippen molar-refractivity contribution in [1.29, 1.82) is 0 Å². The number of ether oxygens (including phenoxy) is 2. The number of piperidine rings is 1. The molecule has 2 aromatic carbocycles. The normalized spacial score (nSPS) is 14.3. The number of rotatable bonds is 7. The minimum Gasteiger partial charge on any atom is -0.496 e. The molecule has 1 aliphatic heterocycles. The SMILES string of the molecule is COc1cccc(OC)c1C(=O)NC1CCN(C(=O)CCc2ccccc2)CC1. The summed E-state index contributed by atoms with van der Waals surface area (Å²) in [6.07, 6.45) is 2.74. The van der Waals surface area contributed by atoms with Crippen LogP contribution in [0.3, 0.4) is 0 Å². The van der Waals surface area contributed by atoms with Crippen LogP contribution >= 0.6 is 0 Å². The zero-order chi connectivity index (χ0) is 20.6. The molecule has 6 heteroatoms. The van der Waals surface area contributed by atoms with Crippen molar-refractivity contribution in [3.63, 3.8) is 0 Å². The van der Waals surface area contributed by atoms with E-state index in [9.17, 15) is 9.59 Å². The van der Waals surface area contributed by atoms with Gasteiger partial charge in [-0.15, -0.1) is 0 Å². The third kappa shape index (κ3) is 5.28. The van der Waals surface area contributed by atoms with Gasteiger partial charge in [0.25, 0.3) is 5.91 Å². The maximum atomic E-state index is 12.8. The summed E-state index contributed by atoms with van der Waals surface area (Å²) in [5.74, 6) is 0.920. The quantitative estimate of drug-likeness (QED) is 0.781. The van der Waals surface area contributed by atoms with Crippen LogP contribution in [0.4, 0.5) is 0 Å². The molecule has 29 heavy (non-hydrogen) atoms. The van der Waals surface area contributed by atoms with E-state index in [2.05, 4.69) is 5.32 Å². The first-order chi connectivity index (χ1) is 14.1. The highest BCUT2D eigenvalue weighted by Gasteiger charge is 2.26. The second-order valence-electron chi connectivity index (χ2n) is 7.15. The summed E-state index contributed by atoms with van der Waals surface area (Å²) in [6.45, 7) is 1.31. The number of carbonyl (C=O) groups excluding carboxylic acids is 2. The molecule has 154 valence electrons. The van der Waals surface area contributed by atoms with Crippen molar-refractivity contribution < 1.29 is 19.1 Å². The topological polar surface area (TPSA) is 67.9 Å². The fourth-order valence-corrected chi connectivity index (χ4v) is 3.66. The lowest BCUT2D eigenvalue weighted by Gasteiger charge is -2.32. The average molecular weight is 396 g/mol. The smallest absolute Gasteiger partial charge is 0.259 e. The third-order valence-corrected chi connectivity index (χ3v) is 5.31. The fourth-order valence-electron chi connectivity index (χ4n) is 3.66. The monoisotopic (exact) mass is 396 g/mol. The Morgan fingerprint density at radius 1 is 0.966 bits per heavy atom. The van der Waals surface area contributed by atoms with E-state index in [1.807, 2.05) is 35.2 Å². The first-order valence-corrected chi connectivity index (χ1v) is 9.96. The van der Waals surface area contributed by atoms with Gasteiger partial charge in [-0.25, -0.2) is 0 Å². The van der Waals surface area contributed by atoms with E-state index < -0.39 is 0 Å². The first kappa shape index (κ1) is 20.7. The van der Waals surface area contributed by atoms with Gasteiger partial charge in [0.1, 0.15) is 17.1 Å². The molecule has 0 atom stereocenters. The van der Waals surface area contributed by atoms with Gasteiger partial charge < -0.3 is 19.7 Å². The molecule has 0 aliphatic carbocycles. The lowest BCUT2D eigenvalue weighted by Crippen LogP contribution is -2.46. The molecule has 0 bridgehead atoms. The Hall–Kier alpha value is -3.02. The predicted octanol–water partition coefficient (Wildman–Crippen LogP) is 3.06. The molecule has 0 spiro atoms. The van der Waals surface area contributed by atoms with E-state index in [1.165, 1.54) is 19.8 Å². The molecule has 1 N–H and O–H groups in total. The maximum Gasteiger partial charge on any atom is 0.259 e. The highest BCUT2D eigenvalue weighted by atomic mass is 16.5. The summed E-state index contributed by atoms with van der Waals surface area (Å²) >= 11 is 0. The van der Waals surface area contributed by atoms with Gasteiger partial charge in [-0.1, -0.05) is 36.4 Å². The predicted molar refractivity (Wildman–Crippen MR) is 111 cm³/mol. The summed E-state index contributed by atoms with van der Waals surface area (Å²) in [7, 11) is 3.07. The summed E-state index contributed by atoms with van der Waals surface area (Å²) < 4.78 is 10.6. The van der Waals surface area contributed by atoms with Gasteiger partial charge >= 0.3 is 0 Å². The third-order valence-electron chi connectivity index (χ3n) is 5.31. The first-order valence-electron chi connectivity index (χ1n) is 9.96. The molecule has 1 saturated heterocycles. The molecule has 0 unspecified atom stereocenters. The number of likely N-dealkylation sites (tertiary alicyclic amines) is 1. The molecule has 0 saturated carbocycles. The second kappa shape index (κ2) is 9.96. The molecule has 0 aromatic heterocycles. The van der Waals surface area contributed by atoms with Crippen LogP contribution in [-0.4, -0.2) is 50.1 Å². The van der Waals surface area contributed by atoms with E-state index in [4.69, 9.17) is 9.47 Å². The fraction of sp³-hybridized carbons (Fsp3) is 0.391. The van der Waals surface area contributed by atoms with Crippen LogP contribution in [0, 0.1) is 0 Å². The van der Waals surface area contributed by atoms with Crippen molar-refractivity contribution >= 4 is 11.8 Å². The molecule has 6 nitrogen and oxygen atoms in total. The Kier molecular flexibility index (Phi) is 7.11. The number of nitrogens with one attached hydrogen (secondary N) is 1. The van der Waals surface area contributed by atoms with Gasteiger partial charge in [-0.05, 0) is 37.0 Å². The van der Waals surface area contributed by atoms with Gasteiger partial charge in [0, 0.05) is 25.6 Å². The van der Waals surface area contributed by atoms with Gasteiger partial charge in [-0.3, -0.25) is 9.59 Å². The molecule has 2 amide bonds. The van der Waals surface area contributed by atoms with Gasteiger partial charge in [-0.2, -0.15) is 0 Å². The zero-order valence-electron chi connectivity index (χ0n) is 17.0. The van der Waals surface area contributed by atoms with Crippen molar-refractivity contribution in [1.82, 2.24) is 10.2 Å². The van der Waals surface area contributed by atoms with Crippen LogP contribution in [0.15, 0.2) is 48.5 Å². The number of methoxy groups -OCH3 is 2. The van der Waals surface area contributed by atoms with Crippen molar-refractivity contribution in [2.75, 3.05) is 27.3 Å². The maximum absolute atomic E-state index is 12.8. The largest absolute Gasteiger partial charge is 0.496 e. The Labute approximate surface area is 171 Å². The zero-order valence-corrected chi connectivity index (χ0v) is 17.0. The van der Waals surface area contributed by atoms with Crippen molar-refractivity contribution in [3.8, 4) is 11.5 Å². The molecule has 1 fully saturated rings. The highest BCUT2D eigenvalue weighted by molar-refractivity contribution is 5.99. The number of hydrogen-bond donors (Lipinski definition) is 1. The highest BCUT2D eigenvalue weighted by Crippen LogP contribution is 2.28. The number of amides is 2. The van der Waals surface area contributed by atoms with Crippen LogP contribution in [0.25, 0.3) is 0 Å². The summed E-state index contributed by atoms with van der Waals surface area (Å²) in [5, 5.41) is 3.07. The standard InChI is InChI=1S/C23H28N2O4/c1-28-19-9-6-10-20(29-2)22(19)23(27)24-18-13-15-25(16-14-18)21(26)12-11-17-7-4-3-5-8-17/h3-10,18H,11-16H2,1-2H3,(H,24,27). The second-order valence-corrected chi connectivity index (χ2v) is 7.15. The molecular weight excluding hydrogens is 368 g/mol. The van der Waals surface area contributed by atoms with Crippen LogP contribution < -0.4 is 14.8 Å². The minimum atomic E-state index is -0.215. The molecule has 3 rings (SSSR count). The summed E-state index contributed by atoms with van der Waals surface area (Å²) in [6, 6.07) is 15.3. The average Bonchev–Trinajstić information content (AvgIpc) is 2.77. The number of benzene rings is 2. The van der Waals surface area contributed by atoms with Crippen LogP contribution in [0.2, 0.25) is 0 Å². The van der Waals surface area contributed by atoms with Gasteiger partial charge in [0.2, 0.25) is 5.91 Å². The van der Waals surface area contributed by atoms with Crippen LogP contribution in [-0.2, 0) is 11.2 Å². The van der Waals surface area contributed by atoms with Crippen LogP contribution in [0.5, 0.6) is 11.5 Å². The van der Waals surface area contributed by atoms with Gasteiger partial charge in [0.15, 0.2) is 0 Å². The van der Waals surface area contributed by atoms with Gasteiger partial charge in [0.05, 0.1) is 14.2 Å². The molecule has 0 radical (unpaired) electrons. The van der Waals surface area contributed by atoms with Crippen molar-refractivity contribution in [2.45, 2.75) is 31.7 Å². The van der Waals surface area contributed by atoms with E-state index in [-0.39, 0.29) is 17.9 Å². The minimum absolute atomic E-state index is 0.0234. The van der Waals surface area contributed by atoms with E-state index in [0.717, 1.165) is 19.3 Å². The molecule has 2 aromatic rings. The Bertz CT molecular complexity index is 808. The lowest BCUT2D eigenvalue weighted by molar-refractivity contribution is -0.132. The summed E-state index contributed by atoms with van der Waals surface area (Å²) in [4.78, 5) is 27.2. The molecule has 1 heterocycles. The van der Waals surface area contributed by atoms with Crippen molar-refractivity contribution in [3.05, 3.63) is 59.7 Å². The molecule has 1 aliphatic rings. The molecular formula is C23H28N2O4. The number of hydrogen-bond acceptors (Lipinski definition) is 4. The number of aryl methyl sites for hydroxylation is 1. The summed E-state index contributed by atoms with van der Waals surface area (Å²) in [5.41, 5.74) is 1.58. The van der Waals surface area contributed by atoms with Crippen LogP contribution in [0.1, 0.15) is 35.2 Å². The number of carbonyl (C=O) groups is 2. The van der Waals surface area contributed by atoms with E-state index in [1.54, 1.807) is 18.2 Å².